The molecule has 1 N–H and O–H groups in total. The SMILES string of the molecule is CC(C)N(Cc1ccccc1)c1cc(Cl)ccc1CO. The molecular formula is C17H20ClNO. The van der Waals surface area contributed by atoms with E-state index in [0.29, 0.717) is 11.1 Å². The van der Waals surface area contributed by atoms with Crippen LogP contribution in [0.1, 0.15) is 25.0 Å². The highest BCUT2D eigenvalue weighted by atomic mass is 35.5. The molecule has 2 nitrogen and oxygen atoms in total. The van der Waals surface area contributed by atoms with E-state index < -0.39 is 0 Å². The van der Waals surface area contributed by atoms with Crippen LogP contribution < -0.4 is 4.90 Å². The molecule has 20 heavy (non-hydrogen) atoms. The smallest absolute Gasteiger partial charge is 0.0702 e. The van der Waals surface area contributed by atoms with Crippen molar-refractivity contribution >= 4 is 17.3 Å². The highest BCUT2D eigenvalue weighted by Crippen LogP contribution is 2.28. The fourth-order valence-corrected chi connectivity index (χ4v) is 2.43. The topological polar surface area (TPSA) is 23.5 Å². The Morgan fingerprint density at radius 2 is 1.80 bits per heavy atom. The molecule has 0 aromatic heterocycles. The molecule has 2 aromatic carbocycles. The van der Waals surface area contributed by atoms with Crippen molar-refractivity contribution < 1.29 is 5.11 Å². The zero-order chi connectivity index (χ0) is 14.5. The minimum atomic E-state index is 0.0184. The van der Waals surface area contributed by atoms with Gasteiger partial charge in [0.25, 0.3) is 0 Å². The van der Waals surface area contributed by atoms with Gasteiger partial charge in [0, 0.05) is 28.9 Å². The number of aliphatic hydroxyl groups excluding tert-OH is 1. The first-order valence-corrected chi connectivity index (χ1v) is 7.19. The lowest BCUT2D eigenvalue weighted by Gasteiger charge is -2.31. The molecule has 2 aromatic rings. The number of hydrogen-bond donors (Lipinski definition) is 1. The van der Waals surface area contributed by atoms with E-state index in [4.69, 9.17) is 11.6 Å². The van der Waals surface area contributed by atoms with Gasteiger partial charge in [0.05, 0.1) is 6.61 Å². The predicted molar refractivity (Wildman–Crippen MR) is 85.1 cm³/mol. The first kappa shape index (κ1) is 14.9. The van der Waals surface area contributed by atoms with Crippen LogP contribution in [-0.2, 0) is 13.2 Å². The molecule has 2 rings (SSSR count). The molecule has 0 bridgehead atoms. The van der Waals surface area contributed by atoms with Crippen molar-refractivity contribution in [3.8, 4) is 0 Å². The minimum absolute atomic E-state index is 0.0184. The Bertz CT molecular complexity index is 554. The summed E-state index contributed by atoms with van der Waals surface area (Å²) >= 11 is 6.12. The fraction of sp³-hybridized carbons (Fsp3) is 0.294. The molecule has 0 atom stereocenters. The zero-order valence-corrected chi connectivity index (χ0v) is 12.6. The number of rotatable bonds is 5. The van der Waals surface area contributed by atoms with Crippen molar-refractivity contribution in [3.05, 3.63) is 64.7 Å². The van der Waals surface area contributed by atoms with Crippen molar-refractivity contribution in [2.45, 2.75) is 33.0 Å². The summed E-state index contributed by atoms with van der Waals surface area (Å²) in [6.45, 7) is 5.10. The molecule has 0 radical (unpaired) electrons. The van der Waals surface area contributed by atoms with Gasteiger partial charge in [-0.15, -0.1) is 0 Å². The lowest BCUT2D eigenvalue weighted by molar-refractivity contribution is 0.282. The van der Waals surface area contributed by atoms with Crippen molar-refractivity contribution in [1.82, 2.24) is 0 Å². The molecule has 0 spiro atoms. The number of nitrogens with zero attached hydrogens (tertiary/aromatic N) is 1. The van der Waals surface area contributed by atoms with Crippen molar-refractivity contribution in [1.29, 1.82) is 0 Å². The number of halogens is 1. The monoisotopic (exact) mass is 289 g/mol. The second-order valence-corrected chi connectivity index (χ2v) is 5.57. The van der Waals surface area contributed by atoms with E-state index in [1.165, 1.54) is 5.56 Å². The van der Waals surface area contributed by atoms with E-state index in [-0.39, 0.29) is 6.61 Å². The molecule has 0 aliphatic heterocycles. The minimum Gasteiger partial charge on any atom is -0.392 e. The van der Waals surface area contributed by atoms with Gasteiger partial charge in [-0.1, -0.05) is 48.0 Å². The standard InChI is InChI=1S/C17H20ClNO/c1-13(2)19(11-14-6-4-3-5-7-14)17-10-16(18)9-8-15(17)12-20/h3-10,13,20H,11-12H2,1-2H3. The van der Waals surface area contributed by atoms with Crippen molar-refractivity contribution in [2.75, 3.05) is 4.90 Å². The molecule has 0 amide bonds. The summed E-state index contributed by atoms with van der Waals surface area (Å²) in [6, 6.07) is 16.3. The Kier molecular flexibility index (Phi) is 5.05. The molecule has 0 aliphatic carbocycles. The Balaban J connectivity index is 2.36. The van der Waals surface area contributed by atoms with Crippen LogP contribution >= 0.6 is 11.6 Å². The largest absolute Gasteiger partial charge is 0.392 e. The summed E-state index contributed by atoms with van der Waals surface area (Å²) < 4.78 is 0. The van der Waals surface area contributed by atoms with Crippen LogP contribution in [0.5, 0.6) is 0 Å². The molecule has 0 aliphatic rings. The third-order valence-corrected chi connectivity index (χ3v) is 3.58. The van der Waals surface area contributed by atoms with E-state index in [9.17, 15) is 5.11 Å². The van der Waals surface area contributed by atoms with Crippen molar-refractivity contribution in [3.63, 3.8) is 0 Å². The lowest BCUT2D eigenvalue weighted by atomic mass is 10.1. The molecule has 0 saturated carbocycles. The molecule has 106 valence electrons. The third-order valence-electron chi connectivity index (χ3n) is 3.35. The number of anilines is 1. The van der Waals surface area contributed by atoms with Gasteiger partial charge < -0.3 is 10.0 Å². The van der Waals surface area contributed by atoms with Gasteiger partial charge in [0.15, 0.2) is 0 Å². The van der Waals surface area contributed by atoms with E-state index >= 15 is 0 Å². The van der Waals surface area contributed by atoms with E-state index in [0.717, 1.165) is 17.8 Å². The summed E-state index contributed by atoms with van der Waals surface area (Å²) in [4.78, 5) is 2.26. The van der Waals surface area contributed by atoms with Crippen LogP contribution in [0.4, 0.5) is 5.69 Å². The highest BCUT2D eigenvalue weighted by Gasteiger charge is 2.15. The molecule has 0 fully saturated rings. The van der Waals surface area contributed by atoms with Gasteiger partial charge in [-0.3, -0.25) is 0 Å². The van der Waals surface area contributed by atoms with Gasteiger partial charge in [-0.25, -0.2) is 0 Å². The van der Waals surface area contributed by atoms with Crippen LogP contribution in [0.2, 0.25) is 5.02 Å². The van der Waals surface area contributed by atoms with Crippen LogP contribution in [0, 0.1) is 0 Å². The fourth-order valence-electron chi connectivity index (χ4n) is 2.26. The summed E-state index contributed by atoms with van der Waals surface area (Å²) in [5.74, 6) is 0. The Labute approximate surface area is 125 Å². The van der Waals surface area contributed by atoms with Gasteiger partial charge in [0.1, 0.15) is 0 Å². The van der Waals surface area contributed by atoms with Crippen LogP contribution in [0.25, 0.3) is 0 Å². The quantitative estimate of drug-likeness (QED) is 0.889. The molecule has 0 heterocycles. The number of hydrogen-bond acceptors (Lipinski definition) is 2. The highest BCUT2D eigenvalue weighted by molar-refractivity contribution is 6.30. The first-order chi connectivity index (χ1) is 9.61. The summed E-state index contributed by atoms with van der Waals surface area (Å²) in [7, 11) is 0. The Morgan fingerprint density at radius 1 is 1.10 bits per heavy atom. The maximum Gasteiger partial charge on any atom is 0.0702 e. The van der Waals surface area contributed by atoms with Gasteiger partial charge in [-0.2, -0.15) is 0 Å². The number of aliphatic hydroxyl groups is 1. The maximum atomic E-state index is 9.54. The van der Waals surface area contributed by atoms with Crippen LogP contribution in [0.15, 0.2) is 48.5 Å². The van der Waals surface area contributed by atoms with Gasteiger partial charge >= 0.3 is 0 Å². The second-order valence-electron chi connectivity index (χ2n) is 5.14. The molecule has 0 unspecified atom stereocenters. The zero-order valence-electron chi connectivity index (χ0n) is 11.9. The van der Waals surface area contributed by atoms with Crippen LogP contribution in [-0.4, -0.2) is 11.1 Å². The van der Waals surface area contributed by atoms with Gasteiger partial charge in [-0.05, 0) is 31.5 Å². The molecular weight excluding hydrogens is 270 g/mol. The molecule has 3 heteroatoms. The Morgan fingerprint density at radius 3 is 2.40 bits per heavy atom. The third kappa shape index (κ3) is 3.53. The maximum absolute atomic E-state index is 9.54. The van der Waals surface area contributed by atoms with E-state index in [1.54, 1.807) is 0 Å². The summed E-state index contributed by atoms with van der Waals surface area (Å²) in [5, 5.41) is 10.2. The second kappa shape index (κ2) is 6.78. The lowest BCUT2D eigenvalue weighted by Crippen LogP contribution is -2.31. The van der Waals surface area contributed by atoms with Crippen LogP contribution in [0.3, 0.4) is 0 Å². The van der Waals surface area contributed by atoms with Crippen molar-refractivity contribution in [2.24, 2.45) is 0 Å². The molecule has 0 saturated heterocycles. The van der Waals surface area contributed by atoms with E-state index in [1.807, 2.05) is 36.4 Å². The average molecular weight is 290 g/mol. The average Bonchev–Trinajstić information content (AvgIpc) is 2.45. The number of benzene rings is 2. The van der Waals surface area contributed by atoms with Gasteiger partial charge in [0.2, 0.25) is 0 Å². The Hall–Kier alpha value is -1.51. The van der Waals surface area contributed by atoms with E-state index in [2.05, 4.69) is 30.9 Å². The predicted octanol–water partition coefficient (Wildman–Crippen LogP) is 4.25. The normalized spacial score (nSPS) is 10.8. The summed E-state index contributed by atoms with van der Waals surface area (Å²) in [5.41, 5.74) is 3.14. The first-order valence-electron chi connectivity index (χ1n) is 6.81. The summed E-state index contributed by atoms with van der Waals surface area (Å²) in [6.07, 6.45) is 0.